The van der Waals surface area contributed by atoms with E-state index in [1.165, 1.54) is 0 Å². The van der Waals surface area contributed by atoms with E-state index in [0.717, 1.165) is 17.1 Å². The molecule has 0 amide bonds. The van der Waals surface area contributed by atoms with Crippen LogP contribution in [0.15, 0.2) is 59.7 Å². The molecular weight excluding hydrogens is 306 g/mol. The number of rotatable bonds is 11. The van der Waals surface area contributed by atoms with E-state index in [9.17, 15) is 5.11 Å². The number of hydrogen-bond donors (Lipinski definition) is 1. The zero-order valence-corrected chi connectivity index (χ0v) is 14.1. The maximum atomic E-state index is 10.2. The Kier molecular flexibility index (Phi) is 7.55. The van der Waals surface area contributed by atoms with Crippen molar-refractivity contribution in [2.45, 2.75) is 19.2 Å². The van der Waals surface area contributed by atoms with Crippen molar-refractivity contribution >= 4 is 0 Å². The molecule has 1 aromatic carbocycles. The Labute approximate surface area is 143 Å². The molecule has 5 nitrogen and oxygen atoms in total. The first-order valence-corrected chi connectivity index (χ1v) is 7.96. The Morgan fingerprint density at radius 2 is 2.08 bits per heavy atom. The summed E-state index contributed by atoms with van der Waals surface area (Å²) in [5, 5.41) is 10.2. The van der Waals surface area contributed by atoms with E-state index < -0.39 is 6.10 Å². The highest BCUT2D eigenvalue weighted by molar-refractivity contribution is 5.33. The molecule has 0 unspecified atom stereocenters. The first kappa shape index (κ1) is 18.3. The van der Waals surface area contributed by atoms with Crippen molar-refractivity contribution in [3.8, 4) is 5.75 Å². The van der Waals surface area contributed by atoms with Crippen molar-refractivity contribution in [2.75, 3.05) is 26.9 Å². The van der Waals surface area contributed by atoms with Crippen molar-refractivity contribution in [1.29, 1.82) is 0 Å². The summed E-state index contributed by atoms with van der Waals surface area (Å²) < 4.78 is 16.2. The van der Waals surface area contributed by atoms with E-state index in [-0.39, 0.29) is 6.61 Å². The smallest absolute Gasteiger partial charge is 0.123 e. The van der Waals surface area contributed by atoms with E-state index in [0.29, 0.717) is 26.2 Å². The van der Waals surface area contributed by atoms with Gasteiger partial charge < -0.3 is 19.0 Å². The van der Waals surface area contributed by atoms with Gasteiger partial charge in [-0.15, -0.1) is 6.58 Å². The van der Waals surface area contributed by atoms with E-state index in [4.69, 9.17) is 13.9 Å². The highest BCUT2D eigenvalue weighted by Gasteiger charge is 2.16. The molecule has 24 heavy (non-hydrogen) atoms. The van der Waals surface area contributed by atoms with Crippen molar-refractivity contribution in [2.24, 2.45) is 0 Å². The first-order valence-electron chi connectivity index (χ1n) is 7.96. The minimum atomic E-state index is -0.588. The monoisotopic (exact) mass is 331 g/mol. The molecule has 1 atom stereocenters. The van der Waals surface area contributed by atoms with Gasteiger partial charge in [0.25, 0.3) is 0 Å². The zero-order valence-electron chi connectivity index (χ0n) is 14.1. The van der Waals surface area contributed by atoms with Gasteiger partial charge in [-0.25, -0.2) is 0 Å². The number of para-hydroxylation sites is 1. The Morgan fingerprint density at radius 1 is 1.25 bits per heavy atom. The number of benzene rings is 1. The van der Waals surface area contributed by atoms with Crippen molar-refractivity contribution in [1.82, 2.24) is 4.90 Å². The fraction of sp³-hybridized carbons (Fsp3) is 0.368. The average molecular weight is 331 g/mol. The van der Waals surface area contributed by atoms with Crippen LogP contribution in [-0.4, -0.2) is 43.0 Å². The van der Waals surface area contributed by atoms with Gasteiger partial charge in [0.1, 0.15) is 11.5 Å². The lowest BCUT2D eigenvalue weighted by Crippen LogP contribution is -2.34. The van der Waals surface area contributed by atoms with Gasteiger partial charge >= 0.3 is 0 Å². The predicted octanol–water partition coefficient (Wildman–Crippen LogP) is 2.85. The molecule has 0 bridgehead atoms. The first-order chi connectivity index (χ1) is 11.7. The minimum absolute atomic E-state index is 0.270. The molecular formula is C19H25NO4. The van der Waals surface area contributed by atoms with Gasteiger partial charge in [0.15, 0.2) is 0 Å². The zero-order chi connectivity index (χ0) is 17.2. The molecule has 0 aliphatic heterocycles. The largest absolute Gasteiger partial charge is 0.496 e. The normalized spacial score (nSPS) is 12.3. The van der Waals surface area contributed by atoms with Crippen molar-refractivity contribution < 1.29 is 19.0 Å². The van der Waals surface area contributed by atoms with E-state index in [1.807, 2.05) is 36.4 Å². The maximum Gasteiger partial charge on any atom is 0.123 e. The Hall–Kier alpha value is -2.08. The quantitative estimate of drug-likeness (QED) is 0.507. The number of nitrogens with zero attached hydrogens (tertiary/aromatic N) is 1. The predicted molar refractivity (Wildman–Crippen MR) is 92.8 cm³/mol. The molecule has 2 rings (SSSR count). The van der Waals surface area contributed by atoms with E-state index >= 15 is 0 Å². The molecule has 0 saturated carbocycles. The standard InChI is InChI=1S/C19H25NO4/c1-3-10-23-15-17(21)13-20(14-18-8-6-11-24-18)12-16-7-4-5-9-19(16)22-2/h3-9,11,17,21H,1,10,12-15H2,2H3/t17-/m1/s1. The molecule has 2 aromatic rings. The fourth-order valence-corrected chi connectivity index (χ4v) is 2.52. The van der Waals surface area contributed by atoms with Crippen LogP contribution in [0.25, 0.3) is 0 Å². The molecule has 0 saturated heterocycles. The second-order valence-electron chi connectivity index (χ2n) is 5.54. The summed E-state index contributed by atoms with van der Waals surface area (Å²) in [6.45, 7) is 6.01. The van der Waals surface area contributed by atoms with Crippen molar-refractivity contribution in [3.05, 3.63) is 66.6 Å². The number of methoxy groups -OCH3 is 1. The number of ether oxygens (including phenoxy) is 2. The lowest BCUT2D eigenvalue weighted by molar-refractivity contribution is 0.0214. The van der Waals surface area contributed by atoms with Gasteiger partial charge in [0.2, 0.25) is 0 Å². The molecule has 0 aliphatic rings. The van der Waals surface area contributed by atoms with Gasteiger partial charge in [-0.1, -0.05) is 24.3 Å². The lowest BCUT2D eigenvalue weighted by atomic mass is 10.1. The summed E-state index contributed by atoms with van der Waals surface area (Å²) in [6.07, 6.45) is 2.73. The van der Waals surface area contributed by atoms with Crippen LogP contribution in [0.3, 0.4) is 0 Å². The molecule has 1 heterocycles. The Balaban J connectivity index is 2.03. The van der Waals surface area contributed by atoms with Crippen LogP contribution in [0.4, 0.5) is 0 Å². The molecule has 0 aliphatic carbocycles. The topological polar surface area (TPSA) is 55.1 Å². The third-order valence-electron chi connectivity index (χ3n) is 3.56. The highest BCUT2D eigenvalue weighted by Crippen LogP contribution is 2.20. The molecule has 0 spiro atoms. The van der Waals surface area contributed by atoms with E-state index in [1.54, 1.807) is 19.4 Å². The average Bonchev–Trinajstić information content (AvgIpc) is 3.08. The summed E-state index contributed by atoms with van der Waals surface area (Å²) >= 11 is 0. The molecule has 5 heteroatoms. The summed E-state index contributed by atoms with van der Waals surface area (Å²) in [4.78, 5) is 2.11. The van der Waals surface area contributed by atoms with Gasteiger partial charge in [0.05, 0.1) is 39.2 Å². The molecule has 0 radical (unpaired) electrons. The second kappa shape index (κ2) is 9.93. The number of hydrogen-bond acceptors (Lipinski definition) is 5. The van der Waals surface area contributed by atoms with Gasteiger partial charge in [0, 0.05) is 18.7 Å². The van der Waals surface area contributed by atoms with Gasteiger partial charge in [-0.2, -0.15) is 0 Å². The van der Waals surface area contributed by atoms with Crippen molar-refractivity contribution in [3.63, 3.8) is 0 Å². The van der Waals surface area contributed by atoms with Crippen LogP contribution in [-0.2, 0) is 17.8 Å². The Bertz CT molecular complexity index is 597. The van der Waals surface area contributed by atoms with Crippen LogP contribution < -0.4 is 4.74 Å². The SMILES string of the molecule is C=CCOC[C@H](O)CN(Cc1ccco1)Cc1ccccc1OC. The van der Waals surface area contributed by atoms with E-state index in [2.05, 4.69) is 11.5 Å². The summed E-state index contributed by atoms with van der Waals surface area (Å²) in [6, 6.07) is 11.7. The maximum absolute atomic E-state index is 10.2. The van der Waals surface area contributed by atoms with Crippen LogP contribution in [0.1, 0.15) is 11.3 Å². The molecule has 1 N–H and O–H groups in total. The van der Waals surface area contributed by atoms with Gasteiger partial charge in [-0.3, -0.25) is 4.90 Å². The fourth-order valence-electron chi connectivity index (χ4n) is 2.52. The van der Waals surface area contributed by atoms with Crippen LogP contribution >= 0.6 is 0 Å². The molecule has 130 valence electrons. The lowest BCUT2D eigenvalue weighted by Gasteiger charge is -2.25. The summed E-state index contributed by atoms with van der Waals surface area (Å²) in [7, 11) is 1.66. The molecule has 0 fully saturated rings. The third kappa shape index (κ3) is 5.85. The van der Waals surface area contributed by atoms with Crippen LogP contribution in [0, 0.1) is 0 Å². The highest BCUT2D eigenvalue weighted by atomic mass is 16.5. The Morgan fingerprint density at radius 3 is 2.79 bits per heavy atom. The van der Waals surface area contributed by atoms with Crippen LogP contribution in [0.2, 0.25) is 0 Å². The molecule has 1 aromatic heterocycles. The van der Waals surface area contributed by atoms with Crippen LogP contribution in [0.5, 0.6) is 5.75 Å². The summed E-state index contributed by atoms with van der Waals surface area (Å²) in [5.74, 6) is 1.68. The number of furan rings is 1. The third-order valence-corrected chi connectivity index (χ3v) is 3.56. The minimum Gasteiger partial charge on any atom is -0.496 e. The summed E-state index contributed by atoms with van der Waals surface area (Å²) in [5.41, 5.74) is 1.06. The number of aliphatic hydroxyl groups is 1. The number of aliphatic hydroxyl groups excluding tert-OH is 1. The van der Waals surface area contributed by atoms with Gasteiger partial charge in [-0.05, 0) is 18.2 Å². The second-order valence-corrected chi connectivity index (χ2v) is 5.54.